The van der Waals surface area contributed by atoms with E-state index in [2.05, 4.69) is 4.98 Å². The molecule has 0 bridgehead atoms. The summed E-state index contributed by atoms with van der Waals surface area (Å²) < 4.78 is 5.18. The Morgan fingerprint density at radius 3 is 2.89 bits per heavy atom. The Morgan fingerprint density at radius 1 is 1.37 bits per heavy atom. The fraction of sp³-hybridized carbons (Fsp3) is 0.200. The van der Waals surface area contributed by atoms with Crippen molar-refractivity contribution in [2.75, 3.05) is 7.11 Å². The molecule has 19 heavy (non-hydrogen) atoms. The molecule has 0 spiro atoms. The van der Waals surface area contributed by atoms with Crippen molar-refractivity contribution in [3.05, 3.63) is 58.9 Å². The summed E-state index contributed by atoms with van der Waals surface area (Å²) in [6.45, 7) is 0. The second-order valence-electron chi connectivity index (χ2n) is 4.13. The van der Waals surface area contributed by atoms with Crippen LogP contribution in [0.1, 0.15) is 22.3 Å². The van der Waals surface area contributed by atoms with Crippen LogP contribution in [-0.2, 0) is 6.42 Å². The van der Waals surface area contributed by atoms with Crippen molar-refractivity contribution in [2.24, 2.45) is 0 Å². The first-order chi connectivity index (χ1) is 9.20. The molecule has 0 saturated carbocycles. The Balaban J connectivity index is 2.10. The van der Waals surface area contributed by atoms with E-state index in [0.717, 1.165) is 5.56 Å². The average molecular weight is 276 g/mol. The SMILES string of the molecule is COc1ccc(Cl)cc1C(=O)CCc1cccnc1. The number of Topliss-reactive ketones (excluding diaryl/α,β-unsaturated/α-hetero) is 1. The Morgan fingerprint density at radius 2 is 2.21 bits per heavy atom. The Kier molecular flexibility index (Phi) is 4.53. The molecule has 98 valence electrons. The van der Waals surface area contributed by atoms with Gasteiger partial charge in [-0.1, -0.05) is 17.7 Å². The fourth-order valence-electron chi connectivity index (χ4n) is 1.84. The lowest BCUT2D eigenvalue weighted by Gasteiger charge is -2.08. The first-order valence-electron chi connectivity index (χ1n) is 5.96. The minimum atomic E-state index is 0.0169. The molecule has 2 aromatic rings. The van der Waals surface area contributed by atoms with Crippen molar-refractivity contribution in [1.29, 1.82) is 0 Å². The van der Waals surface area contributed by atoms with Gasteiger partial charge in [0, 0.05) is 23.8 Å². The van der Waals surface area contributed by atoms with Gasteiger partial charge in [0.1, 0.15) is 5.75 Å². The van der Waals surface area contributed by atoms with Crippen molar-refractivity contribution < 1.29 is 9.53 Å². The highest BCUT2D eigenvalue weighted by Crippen LogP contribution is 2.24. The number of aromatic nitrogens is 1. The molecule has 0 aliphatic heterocycles. The van der Waals surface area contributed by atoms with Gasteiger partial charge in [0.2, 0.25) is 0 Å². The normalized spacial score (nSPS) is 10.2. The molecule has 3 nitrogen and oxygen atoms in total. The number of methoxy groups -OCH3 is 1. The molecule has 1 aromatic heterocycles. The van der Waals surface area contributed by atoms with Crippen LogP contribution in [0.15, 0.2) is 42.7 Å². The second-order valence-corrected chi connectivity index (χ2v) is 4.57. The van der Waals surface area contributed by atoms with E-state index in [4.69, 9.17) is 16.3 Å². The summed E-state index contributed by atoms with van der Waals surface area (Å²) in [4.78, 5) is 16.2. The number of ether oxygens (including phenoxy) is 1. The number of hydrogen-bond donors (Lipinski definition) is 0. The monoisotopic (exact) mass is 275 g/mol. The zero-order valence-corrected chi connectivity index (χ0v) is 11.4. The van der Waals surface area contributed by atoms with Gasteiger partial charge < -0.3 is 4.74 Å². The van der Waals surface area contributed by atoms with Crippen molar-refractivity contribution >= 4 is 17.4 Å². The molecule has 0 aliphatic carbocycles. The topological polar surface area (TPSA) is 39.2 Å². The molecule has 0 N–H and O–H groups in total. The van der Waals surface area contributed by atoms with Gasteiger partial charge in [0.25, 0.3) is 0 Å². The molecule has 1 aromatic carbocycles. The number of carbonyl (C=O) groups excluding carboxylic acids is 1. The van der Waals surface area contributed by atoms with Crippen molar-refractivity contribution in [3.8, 4) is 5.75 Å². The van der Waals surface area contributed by atoms with Crippen LogP contribution in [-0.4, -0.2) is 17.9 Å². The third kappa shape index (κ3) is 3.55. The van der Waals surface area contributed by atoms with Crippen LogP contribution in [0.25, 0.3) is 0 Å². The van der Waals surface area contributed by atoms with E-state index in [0.29, 0.717) is 29.2 Å². The summed E-state index contributed by atoms with van der Waals surface area (Å²) in [5.41, 5.74) is 1.57. The van der Waals surface area contributed by atoms with Gasteiger partial charge in [0.15, 0.2) is 5.78 Å². The molecule has 0 atom stereocenters. The maximum absolute atomic E-state index is 12.2. The molecule has 0 unspecified atom stereocenters. The standard InChI is InChI=1S/C15H14ClNO2/c1-19-15-7-5-12(16)9-13(15)14(18)6-4-11-3-2-8-17-10-11/h2-3,5,7-10H,4,6H2,1H3. The van der Waals surface area contributed by atoms with E-state index in [1.807, 2.05) is 12.1 Å². The van der Waals surface area contributed by atoms with Crippen LogP contribution in [0.3, 0.4) is 0 Å². The van der Waals surface area contributed by atoms with Crippen LogP contribution >= 0.6 is 11.6 Å². The van der Waals surface area contributed by atoms with Crippen LogP contribution in [0, 0.1) is 0 Å². The van der Waals surface area contributed by atoms with Gasteiger partial charge in [-0.25, -0.2) is 0 Å². The number of aryl methyl sites for hydroxylation is 1. The smallest absolute Gasteiger partial charge is 0.166 e. The highest BCUT2D eigenvalue weighted by Gasteiger charge is 2.12. The van der Waals surface area contributed by atoms with Crippen LogP contribution in [0.4, 0.5) is 0 Å². The molecule has 0 aliphatic rings. The Labute approximate surface area is 117 Å². The molecule has 4 heteroatoms. The van der Waals surface area contributed by atoms with Crippen molar-refractivity contribution in [1.82, 2.24) is 4.98 Å². The molecule has 0 amide bonds. The number of rotatable bonds is 5. The van der Waals surface area contributed by atoms with Crippen LogP contribution < -0.4 is 4.74 Å². The predicted molar refractivity (Wildman–Crippen MR) is 74.9 cm³/mol. The van der Waals surface area contributed by atoms with E-state index in [1.54, 1.807) is 37.7 Å². The first kappa shape index (κ1) is 13.6. The lowest BCUT2D eigenvalue weighted by molar-refractivity contribution is 0.0980. The van der Waals surface area contributed by atoms with Crippen LogP contribution in [0.2, 0.25) is 5.02 Å². The third-order valence-corrected chi connectivity index (χ3v) is 3.06. The summed E-state index contributed by atoms with van der Waals surface area (Å²) in [7, 11) is 1.54. The number of hydrogen-bond acceptors (Lipinski definition) is 3. The van der Waals surface area contributed by atoms with E-state index >= 15 is 0 Å². The molecular formula is C15H14ClNO2. The molecule has 0 saturated heterocycles. The highest BCUT2D eigenvalue weighted by molar-refractivity contribution is 6.31. The van der Waals surface area contributed by atoms with E-state index in [-0.39, 0.29) is 5.78 Å². The molecule has 0 radical (unpaired) electrons. The van der Waals surface area contributed by atoms with E-state index < -0.39 is 0 Å². The lowest BCUT2D eigenvalue weighted by atomic mass is 10.0. The maximum Gasteiger partial charge on any atom is 0.166 e. The third-order valence-electron chi connectivity index (χ3n) is 2.83. The molecular weight excluding hydrogens is 262 g/mol. The number of nitrogens with zero attached hydrogens (tertiary/aromatic N) is 1. The van der Waals surface area contributed by atoms with Gasteiger partial charge in [0.05, 0.1) is 12.7 Å². The van der Waals surface area contributed by atoms with Gasteiger partial charge in [-0.2, -0.15) is 0 Å². The second kappa shape index (κ2) is 6.34. The fourth-order valence-corrected chi connectivity index (χ4v) is 2.01. The summed E-state index contributed by atoms with van der Waals surface area (Å²) in [6.07, 6.45) is 4.54. The number of halogens is 1. The summed E-state index contributed by atoms with van der Waals surface area (Å²) in [5, 5.41) is 0.533. The maximum atomic E-state index is 12.2. The summed E-state index contributed by atoms with van der Waals surface area (Å²) >= 11 is 5.92. The lowest BCUT2D eigenvalue weighted by Crippen LogP contribution is -2.04. The average Bonchev–Trinajstić information content (AvgIpc) is 2.46. The van der Waals surface area contributed by atoms with Crippen molar-refractivity contribution in [2.45, 2.75) is 12.8 Å². The van der Waals surface area contributed by atoms with Crippen LogP contribution in [0.5, 0.6) is 5.75 Å². The number of benzene rings is 1. The number of carbonyl (C=O) groups is 1. The molecule has 2 rings (SSSR count). The van der Waals surface area contributed by atoms with E-state index in [1.165, 1.54) is 0 Å². The number of ketones is 1. The Hall–Kier alpha value is -1.87. The highest BCUT2D eigenvalue weighted by atomic mass is 35.5. The quantitative estimate of drug-likeness (QED) is 0.783. The van der Waals surface area contributed by atoms with Gasteiger partial charge >= 0.3 is 0 Å². The van der Waals surface area contributed by atoms with Gasteiger partial charge in [-0.05, 0) is 36.2 Å². The van der Waals surface area contributed by atoms with E-state index in [9.17, 15) is 4.79 Å². The minimum absolute atomic E-state index is 0.0169. The first-order valence-corrected chi connectivity index (χ1v) is 6.34. The zero-order chi connectivity index (χ0) is 13.7. The largest absolute Gasteiger partial charge is 0.496 e. The van der Waals surface area contributed by atoms with Gasteiger partial charge in [-0.15, -0.1) is 0 Å². The molecule has 1 heterocycles. The number of pyridine rings is 1. The minimum Gasteiger partial charge on any atom is -0.496 e. The summed E-state index contributed by atoms with van der Waals surface area (Å²) in [5.74, 6) is 0.573. The van der Waals surface area contributed by atoms with Gasteiger partial charge in [-0.3, -0.25) is 9.78 Å². The predicted octanol–water partition coefficient (Wildman–Crippen LogP) is 3.56. The van der Waals surface area contributed by atoms with Crippen molar-refractivity contribution in [3.63, 3.8) is 0 Å². The summed E-state index contributed by atoms with van der Waals surface area (Å²) in [6, 6.07) is 8.87. The molecule has 0 fully saturated rings. The zero-order valence-electron chi connectivity index (χ0n) is 10.6. The Bertz CT molecular complexity index is 570.